The number of rotatable bonds is 6. The summed E-state index contributed by atoms with van der Waals surface area (Å²) in [6.07, 6.45) is 6.89. The fraction of sp³-hybridized carbons (Fsp3) is 0.318. The van der Waals surface area contributed by atoms with Gasteiger partial charge in [-0.15, -0.1) is 0 Å². The highest BCUT2D eigenvalue weighted by Gasteiger charge is 2.19. The van der Waals surface area contributed by atoms with Crippen LogP contribution in [-0.4, -0.2) is 31.6 Å². The molecule has 3 aromatic rings. The SMILES string of the molecule is O=C(NCCn1cnc(C2CCCC2)cc1=O)c1c[nH]c(=O)n(-c2ccc(F)cc2)c1=O. The second-order valence-corrected chi connectivity index (χ2v) is 7.71. The molecule has 2 aromatic heterocycles. The van der Waals surface area contributed by atoms with Crippen molar-refractivity contribution in [2.45, 2.75) is 38.1 Å². The molecule has 0 aliphatic heterocycles. The normalized spacial score (nSPS) is 13.9. The molecule has 9 nitrogen and oxygen atoms in total. The Kier molecular flexibility index (Phi) is 6.11. The average Bonchev–Trinajstić information content (AvgIpc) is 3.31. The Morgan fingerprint density at radius 1 is 1.16 bits per heavy atom. The lowest BCUT2D eigenvalue weighted by Crippen LogP contribution is -2.40. The van der Waals surface area contributed by atoms with Crippen molar-refractivity contribution < 1.29 is 9.18 Å². The molecule has 1 saturated carbocycles. The molecule has 0 unspecified atom stereocenters. The van der Waals surface area contributed by atoms with Crippen molar-refractivity contribution in [2.24, 2.45) is 0 Å². The minimum Gasteiger partial charge on any atom is -0.350 e. The van der Waals surface area contributed by atoms with E-state index in [1.165, 1.54) is 23.0 Å². The van der Waals surface area contributed by atoms with E-state index in [0.29, 0.717) is 5.92 Å². The summed E-state index contributed by atoms with van der Waals surface area (Å²) < 4.78 is 15.3. The number of hydrogen-bond acceptors (Lipinski definition) is 5. The first kappa shape index (κ1) is 21.4. The largest absolute Gasteiger partial charge is 0.350 e. The van der Waals surface area contributed by atoms with Crippen molar-refractivity contribution in [3.63, 3.8) is 0 Å². The molecule has 1 aromatic carbocycles. The third-order valence-electron chi connectivity index (χ3n) is 5.62. The van der Waals surface area contributed by atoms with Crippen LogP contribution < -0.4 is 22.1 Å². The molecule has 1 amide bonds. The number of hydrogen-bond donors (Lipinski definition) is 2. The highest BCUT2D eigenvalue weighted by Crippen LogP contribution is 2.32. The van der Waals surface area contributed by atoms with Crippen LogP contribution in [0.15, 0.2) is 57.2 Å². The number of nitrogens with zero attached hydrogens (tertiary/aromatic N) is 3. The zero-order valence-electron chi connectivity index (χ0n) is 17.2. The minimum absolute atomic E-state index is 0.0817. The van der Waals surface area contributed by atoms with Crippen LogP contribution in [-0.2, 0) is 6.54 Å². The fourth-order valence-corrected chi connectivity index (χ4v) is 3.90. The van der Waals surface area contributed by atoms with E-state index in [1.54, 1.807) is 6.07 Å². The van der Waals surface area contributed by atoms with E-state index in [4.69, 9.17) is 0 Å². The molecule has 2 heterocycles. The molecular weight excluding hydrogens is 417 g/mol. The fourth-order valence-electron chi connectivity index (χ4n) is 3.90. The molecule has 1 aliphatic rings. The lowest BCUT2D eigenvalue weighted by Gasteiger charge is -2.11. The van der Waals surface area contributed by atoms with Gasteiger partial charge in [-0.3, -0.25) is 19.0 Å². The predicted octanol–water partition coefficient (Wildman–Crippen LogP) is 1.31. The van der Waals surface area contributed by atoms with Gasteiger partial charge in [-0.1, -0.05) is 12.8 Å². The molecule has 0 spiro atoms. The monoisotopic (exact) mass is 439 g/mol. The Bertz CT molecular complexity index is 1300. The van der Waals surface area contributed by atoms with Gasteiger partial charge in [0.2, 0.25) is 0 Å². The predicted molar refractivity (Wildman–Crippen MR) is 115 cm³/mol. The Labute approximate surface area is 181 Å². The van der Waals surface area contributed by atoms with Gasteiger partial charge in [-0.05, 0) is 37.1 Å². The number of aromatic nitrogens is 4. The third kappa shape index (κ3) is 4.43. The Morgan fingerprint density at radius 3 is 2.56 bits per heavy atom. The molecule has 1 aliphatic carbocycles. The second-order valence-electron chi connectivity index (χ2n) is 7.71. The van der Waals surface area contributed by atoms with Gasteiger partial charge < -0.3 is 10.3 Å². The van der Waals surface area contributed by atoms with Crippen LogP contribution in [0.4, 0.5) is 4.39 Å². The number of carbonyl (C=O) groups excluding carboxylic acids is 1. The maximum Gasteiger partial charge on any atom is 0.333 e. The molecule has 10 heteroatoms. The highest BCUT2D eigenvalue weighted by atomic mass is 19.1. The summed E-state index contributed by atoms with van der Waals surface area (Å²) >= 11 is 0. The molecule has 32 heavy (non-hydrogen) atoms. The van der Waals surface area contributed by atoms with Gasteiger partial charge >= 0.3 is 5.69 Å². The van der Waals surface area contributed by atoms with Crippen LogP contribution in [0, 0.1) is 5.82 Å². The Balaban J connectivity index is 1.45. The van der Waals surface area contributed by atoms with E-state index in [-0.39, 0.29) is 29.9 Å². The zero-order valence-corrected chi connectivity index (χ0v) is 17.2. The quantitative estimate of drug-likeness (QED) is 0.600. The summed E-state index contributed by atoms with van der Waals surface area (Å²) in [5, 5.41) is 2.57. The molecule has 2 N–H and O–H groups in total. The van der Waals surface area contributed by atoms with E-state index < -0.39 is 23.0 Å². The molecule has 166 valence electrons. The number of halogens is 1. The van der Waals surface area contributed by atoms with Gasteiger partial charge in [-0.2, -0.15) is 0 Å². The van der Waals surface area contributed by atoms with Crippen molar-refractivity contribution in [1.29, 1.82) is 0 Å². The van der Waals surface area contributed by atoms with Gasteiger partial charge in [0.15, 0.2) is 0 Å². The van der Waals surface area contributed by atoms with Crippen molar-refractivity contribution in [1.82, 2.24) is 24.4 Å². The lowest BCUT2D eigenvalue weighted by molar-refractivity contribution is 0.0949. The van der Waals surface area contributed by atoms with Gasteiger partial charge in [-0.25, -0.2) is 18.7 Å². The van der Waals surface area contributed by atoms with Crippen LogP contribution in [0.25, 0.3) is 5.69 Å². The molecule has 0 radical (unpaired) electrons. The first-order valence-corrected chi connectivity index (χ1v) is 10.4. The average molecular weight is 439 g/mol. The Hall–Kier alpha value is -3.82. The van der Waals surface area contributed by atoms with E-state index in [1.807, 2.05) is 0 Å². The second kappa shape index (κ2) is 9.13. The number of nitrogens with one attached hydrogen (secondary N) is 2. The minimum atomic E-state index is -0.836. The maximum absolute atomic E-state index is 13.2. The molecule has 4 rings (SSSR count). The molecule has 0 saturated heterocycles. The number of amides is 1. The molecule has 0 bridgehead atoms. The zero-order chi connectivity index (χ0) is 22.7. The van der Waals surface area contributed by atoms with Gasteiger partial charge in [0.05, 0.1) is 17.7 Å². The Morgan fingerprint density at radius 2 is 1.88 bits per heavy atom. The topological polar surface area (TPSA) is 119 Å². The van der Waals surface area contributed by atoms with Crippen LogP contribution in [0.5, 0.6) is 0 Å². The highest BCUT2D eigenvalue weighted by molar-refractivity contribution is 5.93. The summed E-state index contributed by atoms with van der Waals surface area (Å²) in [4.78, 5) is 56.4. The van der Waals surface area contributed by atoms with E-state index in [2.05, 4.69) is 15.3 Å². The van der Waals surface area contributed by atoms with E-state index in [0.717, 1.165) is 54.3 Å². The van der Waals surface area contributed by atoms with Gasteiger partial charge in [0.25, 0.3) is 17.0 Å². The smallest absolute Gasteiger partial charge is 0.333 e. The summed E-state index contributed by atoms with van der Waals surface area (Å²) in [5.41, 5.74) is -1.12. The van der Waals surface area contributed by atoms with Crippen LogP contribution >= 0.6 is 0 Å². The number of H-pyrrole nitrogens is 1. The first-order chi connectivity index (χ1) is 15.4. The maximum atomic E-state index is 13.2. The van der Waals surface area contributed by atoms with Crippen molar-refractivity contribution in [3.05, 3.63) is 91.1 Å². The summed E-state index contributed by atoms with van der Waals surface area (Å²) in [6.45, 7) is 0.260. The van der Waals surface area contributed by atoms with Crippen LogP contribution in [0.2, 0.25) is 0 Å². The standard InChI is InChI=1S/C22H22FN5O4/c23-15-5-7-16(8-6-15)28-21(31)17(12-25-22(28)32)20(30)24-9-10-27-13-26-18(11-19(27)29)14-3-1-2-4-14/h5-8,11-14H,1-4,9-10H2,(H,24,30)(H,25,32). The van der Waals surface area contributed by atoms with Crippen LogP contribution in [0.3, 0.4) is 0 Å². The molecular formula is C22H22FN5O4. The van der Waals surface area contributed by atoms with Crippen LogP contribution in [0.1, 0.15) is 47.7 Å². The van der Waals surface area contributed by atoms with E-state index >= 15 is 0 Å². The van der Waals surface area contributed by atoms with Crippen molar-refractivity contribution in [3.8, 4) is 5.69 Å². The molecule has 1 fully saturated rings. The summed E-state index contributed by atoms with van der Waals surface area (Å²) in [5.74, 6) is -0.889. The van der Waals surface area contributed by atoms with Gasteiger partial charge in [0.1, 0.15) is 11.4 Å². The summed E-state index contributed by atoms with van der Waals surface area (Å²) in [6, 6.07) is 6.29. The van der Waals surface area contributed by atoms with Crippen molar-refractivity contribution in [2.75, 3.05) is 6.54 Å². The van der Waals surface area contributed by atoms with Gasteiger partial charge in [0, 0.05) is 31.3 Å². The van der Waals surface area contributed by atoms with E-state index in [9.17, 15) is 23.6 Å². The number of benzene rings is 1. The van der Waals surface area contributed by atoms with Crippen molar-refractivity contribution >= 4 is 5.91 Å². The first-order valence-electron chi connectivity index (χ1n) is 10.4. The third-order valence-corrected chi connectivity index (χ3v) is 5.62. The number of aromatic amines is 1. The number of carbonyl (C=O) groups is 1. The molecule has 0 atom stereocenters. The summed E-state index contributed by atoms with van der Waals surface area (Å²) in [7, 11) is 0. The lowest BCUT2D eigenvalue weighted by atomic mass is 10.0.